The molecule has 4 nitrogen and oxygen atoms in total. The van der Waals surface area contributed by atoms with E-state index in [0.717, 1.165) is 24.0 Å². The van der Waals surface area contributed by atoms with E-state index in [-0.39, 0.29) is 28.6 Å². The average molecular weight is 418 g/mol. The molecular formula is C22H30CuN2O2. The quantitative estimate of drug-likeness (QED) is 0.508. The molecule has 0 saturated heterocycles. The standard InChI is InChI=1S/2C11H15NO.Cu/c2*1-3-9(2)12-8-10-6-4-5-7-11(10)13;/h2*4-9,12H,3H2,1-2H3;. The third-order valence-electron chi connectivity index (χ3n) is 4.11. The summed E-state index contributed by atoms with van der Waals surface area (Å²) >= 11 is 0. The summed E-state index contributed by atoms with van der Waals surface area (Å²) in [4.78, 5) is 22.5. The Morgan fingerprint density at radius 2 is 1.07 bits per heavy atom. The van der Waals surface area contributed by atoms with Gasteiger partial charge in [-0.1, -0.05) is 38.2 Å². The Bertz CT molecular complexity index is 612. The topological polar surface area (TPSA) is 58.2 Å². The van der Waals surface area contributed by atoms with Crippen molar-refractivity contribution < 1.29 is 26.7 Å². The minimum Gasteiger partial charge on any atom is -0.388 e. The van der Waals surface area contributed by atoms with Crippen molar-refractivity contribution in [1.29, 1.82) is 0 Å². The molecule has 0 aromatic carbocycles. The summed E-state index contributed by atoms with van der Waals surface area (Å²) in [5, 5.41) is 6.33. The fourth-order valence-electron chi connectivity index (χ4n) is 1.90. The number of carbonyl (C=O) groups excluding carboxylic acids is 2. The Morgan fingerprint density at radius 1 is 0.741 bits per heavy atom. The first-order valence-electron chi connectivity index (χ1n) is 9.18. The molecule has 0 amide bonds. The molecule has 5 heteroatoms. The number of allylic oxidation sites excluding steroid dienone is 10. The number of ketones is 2. The van der Waals surface area contributed by atoms with Crippen LogP contribution >= 0.6 is 0 Å². The van der Waals surface area contributed by atoms with E-state index in [1.165, 1.54) is 0 Å². The predicted molar refractivity (Wildman–Crippen MR) is 109 cm³/mol. The minimum atomic E-state index is 0. The maximum Gasteiger partial charge on any atom is 0.187 e. The van der Waals surface area contributed by atoms with Crippen LogP contribution in [0, 0.1) is 0 Å². The second-order valence-corrected chi connectivity index (χ2v) is 6.32. The third-order valence-corrected chi connectivity index (χ3v) is 4.11. The summed E-state index contributed by atoms with van der Waals surface area (Å²) in [6, 6.07) is 0.833. The van der Waals surface area contributed by atoms with Crippen LogP contribution in [0.25, 0.3) is 0 Å². The van der Waals surface area contributed by atoms with E-state index < -0.39 is 0 Å². The smallest absolute Gasteiger partial charge is 0.187 e. The van der Waals surface area contributed by atoms with Gasteiger partial charge in [0.15, 0.2) is 11.6 Å². The maximum absolute atomic E-state index is 11.2. The fourth-order valence-corrected chi connectivity index (χ4v) is 1.90. The van der Waals surface area contributed by atoms with E-state index in [0.29, 0.717) is 12.1 Å². The summed E-state index contributed by atoms with van der Waals surface area (Å²) in [7, 11) is 0. The first kappa shape index (κ1) is 24.9. The molecule has 0 spiro atoms. The van der Waals surface area contributed by atoms with Gasteiger partial charge in [0.1, 0.15) is 0 Å². The van der Waals surface area contributed by atoms with Gasteiger partial charge in [-0.25, -0.2) is 0 Å². The van der Waals surface area contributed by atoms with Crippen molar-refractivity contribution in [3.63, 3.8) is 0 Å². The van der Waals surface area contributed by atoms with Crippen molar-refractivity contribution >= 4 is 11.6 Å². The Kier molecular flexibility index (Phi) is 12.9. The molecule has 0 saturated carbocycles. The zero-order valence-corrected chi connectivity index (χ0v) is 17.4. The Balaban J connectivity index is 0.000000483. The molecule has 2 rings (SSSR count). The molecule has 2 aliphatic carbocycles. The first-order chi connectivity index (χ1) is 12.5. The molecule has 27 heavy (non-hydrogen) atoms. The largest absolute Gasteiger partial charge is 0.388 e. The van der Waals surface area contributed by atoms with Gasteiger partial charge < -0.3 is 10.6 Å². The zero-order chi connectivity index (χ0) is 19.4. The second kappa shape index (κ2) is 14.0. The Hall–Kier alpha value is -2.10. The van der Waals surface area contributed by atoms with Crippen LogP contribution in [-0.2, 0) is 26.7 Å². The summed E-state index contributed by atoms with van der Waals surface area (Å²) < 4.78 is 0. The maximum atomic E-state index is 11.2. The molecular weight excluding hydrogens is 388 g/mol. The van der Waals surface area contributed by atoms with E-state index in [2.05, 4.69) is 38.3 Å². The fraction of sp³-hybridized carbons (Fsp3) is 0.364. The van der Waals surface area contributed by atoms with Gasteiger partial charge in [0.2, 0.25) is 0 Å². The van der Waals surface area contributed by atoms with E-state index in [1.807, 2.05) is 24.3 Å². The summed E-state index contributed by atoms with van der Waals surface area (Å²) in [5.41, 5.74) is 1.45. The van der Waals surface area contributed by atoms with Crippen molar-refractivity contribution in [2.75, 3.05) is 0 Å². The van der Waals surface area contributed by atoms with Gasteiger partial charge in [-0.3, -0.25) is 9.59 Å². The average Bonchev–Trinajstić information content (AvgIpc) is 2.66. The van der Waals surface area contributed by atoms with Gasteiger partial charge in [0.25, 0.3) is 0 Å². The van der Waals surface area contributed by atoms with E-state index in [4.69, 9.17) is 0 Å². The molecule has 2 N–H and O–H groups in total. The van der Waals surface area contributed by atoms with Crippen molar-refractivity contribution in [1.82, 2.24) is 10.6 Å². The number of carbonyl (C=O) groups is 2. The molecule has 1 radical (unpaired) electrons. The monoisotopic (exact) mass is 417 g/mol. The molecule has 2 aliphatic rings. The molecule has 0 bridgehead atoms. The first-order valence-corrected chi connectivity index (χ1v) is 9.18. The minimum absolute atomic E-state index is 0. The summed E-state index contributed by atoms with van der Waals surface area (Å²) in [6.45, 7) is 8.39. The van der Waals surface area contributed by atoms with Crippen LogP contribution in [-0.4, -0.2) is 23.7 Å². The third kappa shape index (κ3) is 9.97. The van der Waals surface area contributed by atoms with Gasteiger partial charge in [0, 0.05) is 52.7 Å². The van der Waals surface area contributed by atoms with E-state index >= 15 is 0 Å². The molecule has 0 aromatic heterocycles. The number of rotatable bonds is 6. The Morgan fingerprint density at radius 3 is 1.37 bits per heavy atom. The van der Waals surface area contributed by atoms with Gasteiger partial charge in [-0.05, 0) is 51.0 Å². The molecule has 0 heterocycles. The van der Waals surface area contributed by atoms with Crippen LogP contribution in [0.3, 0.4) is 0 Å². The van der Waals surface area contributed by atoms with Crippen LogP contribution in [0.15, 0.2) is 72.2 Å². The molecule has 0 fully saturated rings. The summed E-state index contributed by atoms with van der Waals surface area (Å²) in [6.07, 6.45) is 19.7. The predicted octanol–water partition coefficient (Wildman–Crippen LogP) is 3.90. The van der Waals surface area contributed by atoms with Crippen LogP contribution in [0.5, 0.6) is 0 Å². The molecule has 0 aromatic rings. The summed E-state index contributed by atoms with van der Waals surface area (Å²) in [5.74, 6) is 0.136. The Labute approximate surface area is 173 Å². The van der Waals surface area contributed by atoms with Gasteiger partial charge in [0.05, 0.1) is 0 Å². The van der Waals surface area contributed by atoms with Crippen LogP contribution < -0.4 is 10.6 Å². The van der Waals surface area contributed by atoms with Crippen LogP contribution in [0.1, 0.15) is 40.5 Å². The number of hydrogen-bond acceptors (Lipinski definition) is 4. The number of hydrogen-bond donors (Lipinski definition) is 2. The van der Waals surface area contributed by atoms with Gasteiger partial charge in [-0.2, -0.15) is 0 Å². The van der Waals surface area contributed by atoms with Crippen molar-refractivity contribution in [2.45, 2.75) is 52.6 Å². The van der Waals surface area contributed by atoms with E-state index in [1.54, 1.807) is 36.7 Å². The second-order valence-electron chi connectivity index (χ2n) is 6.32. The van der Waals surface area contributed by atoms with Crippen LogP contribution in [0.2, 0.25) is 0 Å². The zero-order valence-electron chi connectivity index (χ0n) is 16.5. The van der Waals surface area contributed by atoms with Crippen molar-refractivity contribution in [3.8, 4) is 0 Å². The molecule has 0 aliphatic heterocycles. The molecule has 2 unspecified atom stereocenters. The van der Waals surface area contributed by atoms with Crippen molar-refractivity contribution in [2.24, 2.45) is 0 Å². The molecule has 151 valence electrons. The van der Waals surface area contributed by atoms with Crippen LogP contribution in [0.4, 0.5) is 0 Å². The normalized spacial score (nSPS) is 20.0. The van der Waals surface area contributed by atoms with Gasteiger partial charge in [-0.15, -0.1) is 0 Å². The van der Waals surface area contributed by atoms with Gasteiger partial charge >= 0.3 is 0 Å². The SMILES string of the molecule is CCC(C)NC=C1C=CC=CC1=O.CCC(C)NC=C1C=CC=CC1=O.[Cu]. The van der Waals surface area contributed by atoms with E-state index in [9.17, 15) is 9.59 Å². The number of nitrogens with one attached hydrogen (secondary N) is 2. The molecule has 2 atom stereocenters. The van der Waals surface area contributed by atoms with Crippen molar-refractivity contribution in [3.05, 3.63) is 72.2 Å².